The lowest BCUT2D eigenvalue weighted by Crippen LogP contribution is -2.40. The van der Waals surface area contributed by atoms with E-state index in [1.54, 1.807) is 22.7 Å². The summed E-state index contributed by atoms with van der Waals surface area (Å²) in [7, 11) is 0. The number of aromatic nitrogens is 3. The van der Waals surface area contributed by atoms with Gasteiger partial charge in [0.1, 0.15) is 11.4 Å². The molecule has 0 unspecified atom stereocenters. The Morgan fingerprint density at radius 2 is 2.14 bits per heavy atom. The van der Waals surface area contributed by atoms with Crippen molar-refractivity contribution in [2.24, 2.45) is 0 Å². The van der Waals surface area contributed by atoms with Gasteiger partial charge < -0.3 is 15.3 Å². The van der Waals surface area contributed by atoms with Gasteiger partial charge in [-0.1, -0.05) is 0 Å². The van der Waals surface area contributed by atoms with Gasteiger partial charge in [-0.15, -0.1) is 10.2 Å². The molecule has 9 heteroatoms. The summed E-state index contributed by atoms with van der Waals surface area (Å²) in [6.07, 6.45) is -1.38. The fourth-order valence-electron chi connectivity index (χ4n) is 3.43. The molecule has 6 nitrogen and oxygen atoms in total. The van der Waals surface area contributed by atoms with E-state index in [1.807, 2.05) is 0 Å². The number of likely N-dealkylation sites (tertiary alicyclic amines) is 1. The first-order valence-corrected chi connectivity index (χ1v) is 8.80. The molecule has 0 bridgehead atoms. The largest absolute Gasteiger partial charge is 0.507 e. The molecule has 3 aromatic rings. The minimum Gasteiger partial charge on any atom is -0.507 e. The molecular formula is C19H20F3N5O. The van der Waals surface area contributed by atoms with Crippen molar-refractivity contribution < 1.29 is 22.4 Å². The summed E-state index contributed by atoms with van der Waals surface area (Å²) < 4.78 is 63.2. The average Bonchev–Trinajstić information content (AvgIpc) is 3.18. The summed E-state index contributed by atoms with van der Waals surface area (Å²) in [6, 6.07) is 5.99. The Bertz CT molecular complexity index is 1100. The Kier molecular flexibility index (Phi) is 3.77. The van der Waals surface area contributed by atoms with Crippen molar-refractivity contribution in [3.8, 4) is 17.0 Å². The number of halogens is 3. The number of fused-ring (bicyclic) bond motifs is 1. The molecule has 2 aromatic heterocycles. The van der Waals surface area contributed by atoms with E-state index in [0.29, 0.717) is 30.6 Å². The van der Waals surface area contributed by atoms with E-state index >= 15 is 0 Å². The van der Waals surface area contributed by atoms with Crippen LogP contribution >= 0.6 is 0 Å². The van der Waals surface area contributed by atoms with Crippen LogP contribution in [0.1, 0.15) is 22.5 Å². The molecule has 2 N–H and O–H groups in total. The predicted molar refractivity (Wildman–Crippen MR) is 99.2 cm³/mol. The summed E-state index contributed by atoms with van der Waals surface area (Å²) in [5, 5.41) is 21.7. The number of phenolic OH excluding ortho intramolecular Hbond substituents is 1. The van der Waals surface area contributed by atoms with Gasteiger partial charge in [-0.2, -0.15) is 13.2 Å². The highest BCUT2D eigenvalue weighted by atomic mass is 19.4. The zero-order valence-corrected chi connectivity index (χ0v) is 14.7. The summed E-state index contributed by atoms with van der Waals surface area (Å²) in [5.41, 5.74) is -0.0601. The zero-order chi connectivity index (χ0) is 22.4. The maximum Gasteiger partial charge on any atom is 0.416 e. The Hall–Kier alpha value is -2.81. The van der Waals surface area contributed by atoms with E-state index in [-0.39, 0.29) is 17.3 Å². The Labute approximate surface area is 163 Å². The van der Waals surface area contributed by atoms with Crippen LogP contribution in [-0.2, 0) is 6.18 Å². The summed E-state index contributed by atoms with van der Waals surface area (Å²) in [4.78, 5) is 1.43. The highest BCUT2D eigenvalue weighted by Gasteiger charge is 2.31. The third-order valence-electron chi connectivity index (χ3n) is 4.80. The molecule has 1 saturated heterocycles. The number of aromatic hydroxyl groups is 1. The molecule has 3 heterocycles. The van der Waals surface area contributed by atoms with Crippen molar-refractivity contribution >= 4 is 11.5 Å². The number of anilines is 1. The van der Waals surface area contributed by atoms with Crippen molar-refractivity contribution in [2.45, 2.75) is 25.1 Å². The van der Waals surface area contributed by atoms with Crippen molar-refractivity contribution in [1.29, 1.82) is 0 Å². The van der Waals surface area contributed by atoms with Crippen LogP contribution in [0.2, 0.25) is 0 Å². The number of rotatable bonds is 3. The fourth-order valence-corrected chi connectivity index (χ4v) is 3.43. The lowest BCUT2D eigenvalue weighted by atomic mass is 10.1. The third-order valence-corrected chi connectivity index (χ3v) is 4.80. The number of nitrogens with one attached hydrogen (secondary N) is 1. The van der Waals surface area contributed by atoms with Crippen molar-refractivity contribution in [3.63, 3.8) is 0 Å². The van der Waals surface area contributed by atoms with Gasteiger partial charge in [0.05, 0.1) is 11.1 Å². The lowest BCUT2D eigenvalue weighted by molar-refractivity contribution is -0.137. The number of benzene rings is 1. The van der Waals surface area contributed by atoms with Gasteiger partial charge in [0.25, 0.3) is 0 Å². The normalized spacial score (nSPS) is 20.5. The number of hydrogen-bond acceptors (Lipinski definition) is 5. The molecule has 4 rings (SSSR count). The maximum atomic E-state index is 12.9. The second kappa shape index (κ2) is 6.97. The van der Waals surface area contributed by atoms with Crippen LogP contribution < -0.4 is 5.32 Å². The van der Waals surface area contributed by atoms with E-state index in [4.69, 9.17) is 4.11 Å². The van der Waals surface area contributed by atoms with Gasteiger partial charge in [-0.05, 0) is 56.7 Å². The molecule has 0 amide bonds. The van der Waals surface area contributed by atoms with Gasteiger partial charge in [-0.3, -0.25) is 4.40 Å². The molecule has 0 saturated carbocycles. The van der Waals surface area contributed by atoms with Crippen molar-refractivity contribution in [2.75, 3.05) is 25.4 Å². The van der Waals surface area contributed by atoms with Crippen LogP contribution in [0.25, 0.3) is 16.8 Å². The first-order valence-electron chi connectivity index (χ1n) is 10.3. The number of hydrogen-bond donors (Lipinski definition) is 2. The third kappa shape index (κ3) is 3.49. The minimum atomic E-state index is -4.57. The average molecular weight is 394 g/mol. The number of likely N-dealkylation sites (N-methyl/N-ethyl adjacent to an activating group) is 1. The molecule has 1 aliphatic heterocycles. The van der Waals surface area contributed by atoms with Gasteiger partial charge in [0.15, 0.2) is 0 Å². The van der Waals surface area contributed by atoms with Crippen LogP contribution in [0.4, 0.5) is 19.1 Å². The minimum absolute atomic E-state index is 0.127. The van der Waals surface area contributed by atoms with Gasteiger partial charge in [-0.25, -0.2) is 0 Å². The molecule has 0 spiro atoms. The standard InChI is InChI=1S/C19H20F3N5O/c1-26-8-2-4-13(11-26)23-18-25-24-17(15-5-3-9-27(15)18)14-7-6-12(10-16(14)28)19(20,21)22/h3,5-7,9-10,13,28H,2,4,8,11H2,1H3,(H,23,25)/t13-/m1/s1/i1D3. The van der Waals surface area contributed by atoms with Crippen LogP contribution in [0.15, 0.2) is 36.5 Å². The van der Waals surface area contributed by atoms with E-state index in [9.17, 15) is 18.3 Å². The number of phenols is 1. The molecule has 1 fully saturated rings. The first-order chi connectivity index (χ1) is 14.5. The topological polar surface area (TPSA) is 65.7 Å². The lowest BCUT2D eigenvalue weighted by Gasteiger charge is -2.30. The highest BCUT2D eigenvalue weighted by molar-refractivity contribution is 5.81. The molecular weight excluding hydrogens is 371 g/mol. The maximum absolute atomic E-state index is 12.9. The monoisotopic (exact) mass is 394 g/mol. The highest BCUT2D eigenvalue weighted by Crippen LogP contribution is 2.37. The molecule has 0 radical (unpaired) electrons. The number of piperidine rings is 1. The number of nitrogens with zero attached hydrogens (tertiary/aromatic N) is 4. The summed E-state index contributed by atoms with van der Waals surface area (Å²) >= 11 is 0. The van der Waals surface area contributed by atoms with E-state index < -0.39 is 24.5 Å². The molecule has 1 aromatic carbocycles. The van der Waals surface area contributed by atoms with E-state index in [2.05, 4.69) is 15.5 Å². The van der Waals surface area contributed by atoms with Crippen molar-refractivity contribution in [1.82, 2.24) is 19.5 Å². The van der Waals surface area contributed by atoms with Gasteiger partial charge >= 0.3 is 6.18 Å². The van der Waals surface area contributed by atoms with Crippen LogP contribution in [0.3, 0.4) is 0 Å². The molecule has 1 aliphatic rings. The Balaban J connectivity index is 1.64. The quantitative estimate of drug-likeness (QED) is 0.710. The van der Waals surface area contributed by atoms with Crippen LogP contribution in [0.5, 0.6) is 5.75 Å². The Morgan fingerprint density at radius 3 is 2.89 bits per heavy atom. The SMILES string of the molecule is [2H]C([2H])([2H])N1CCC[C@@H](Nc2nnc(-c3ccc(C(F)(F)F)cc3O)c3cccn23)C1. The smallest absolute Gasteiger partial charge is 0.416 e. The second-order valence-corrected chi connectivity index (χ2v) is 6.79. The van der Waals surface area contributed by atoms with E-state index in [0.717, 1.165) is 25.0 Å². The van der Waals surface area contributed by atoms with E-state index in [1.165, 1.54) is 4.90 Å². The predicted octanol–water partition coefficient (Wildman–Crippen LogP) is 3.63. The van der Waals surface area contributed by atoms with Gasteiger partial charge in [0, 0.05) is 28.5 Å². The van der Waals surface area contributed by atoms with Crippen LogP contribution in [-0.4, -0.2) is 50.7 Å². The second-order valence-electron chi connectivity index (χ2n) is 6.79. The molecule has 0 aliphatic carbocycles. The molecule has 1 atom stereocenters. The molecule has 28 heavy (non-hydrogen) atoms. The van der Waals surface area contributed by atoms with Crippen molar-refractivity contribution in [3.05, 3.63) is 42.1 Å². The molecule has 148 valence electrons. The van der Waals surface area contributed by atoms with Gasteiger partial charge in [0.2, 0.25) is 5.95 Å². The number of alkyl halides is 3. The first kappa shape index (κ1) is 15.2. The zero-order valence-electron chi connectivity index (χ0n) is 17.7. The summed E-state index contributed by atoms with van der Waals surface area (Å²) in [6.45, 7) is -1.35. The fraction of sp³-hybridized carbons (Fsp3) is 0.368. The van der Waals surface area contributed by atoms with Crippen LogP contribution in [0, 0.1) is 0 Å². The Morgan fingerprint density at radius 1 is 1.29 bits per heavy atom. The summed E-state index contributed by atoms with van der Waals surface area (Å²) in [5.74, 6) is -0.166.